The summed E-state index contributed by atoms with van der Waals surface area (Å²) in [5.41, 5.74) is 4.55. The molecule has 13 heteroatoms. The third-order valence-electron chi connectivity index (χ3n) is 8.57. The number of aliphatic carboxylic acids is 1. The first-order valence-electron chi connectivity index (χ1n) is 14.6. The molecule has 1 aliphatic rings. The van der Waals surface area contributed by atoms with Crippen molar-refractivity contribution in [3.8, 4) is 5.75 Å². The van der Waals surface area contributed by atoms with Crippen LogP contribution in [-0.2, 0) is 30.5 Å². The Bertz CT molecular complexity index is 1760. The molecule has 0 spiro atoms. The zero-order valence-corrected chi connectivity index (χ0v) is 26.5. The lowest BCUT2D eigenvalue weighted by Crippen LogP contribution is -2.30. The van der Waals surface area contributed by atoms with E-state index in [1.54, 1.807) is 4.68 Å². The van der Waals surface area contributed by atoms with Crippen LogP contribution in [-0.4, -0.2) is 53.1 Å². The van der Waals surface area contributed by atoms with Crippen molar-refractivity contribution in [1.29, 1.82) is 0 Å². The topological polar surface area (TPSA) is 121 Å². The standard InChI is InChI=1S/C32H37F3N4O5S/c1-6-39-31-27(44-5)14-25(20(4)30(31)36-37-39)26(15-29(40)41)21-8-7-19(3)23(12-21)17-38-16-18(2)11-22-9-10-24(32(33,34)35)13-28(22)45(38,42)43/h7-10,12-14,18,26,42-43H,6,11,15-17H2,1-5H3,(H,40,41). The van der Waals surface area contributed by atoms with Gasteiger partial charge in [0.05, 0.1) is 24.0 Å². The third kappa shape index (κ3) is 6.26. The number of aryl methyl sites for hydroxylation is 3. The number of carbonyl (C=O) groups is 1. The molecule has 5 rings (SSSR count). The molecule has 3 aromatic carbocycles. The molecule has 1 aromatic heterocycles. The molecule has 0 saturated carbocycles. The van der Waals surface area contributed by atoms with Crippen LogP contribution >= 0.6 is 10.8 Å². The zero-order valence-electron chi connectivity index (χ0n) is 25.7. The van der Waals surface area contributed by atoms with Gasteiger partial charge in [-0.05, 0) is 84.7 Å². The van der Waals surface area contributed by atoms with Gasteiger partial charge in [-0.15, -0.1) is 15.9 Å². The normalized spacial score (nSPS) is 18.3. The van der Waals surface area contributed by atoms with Crippen molar-refractivity contribution >= 4 is 27.8 Å². The van der Waals surface area contributed by atoms with Crippen molar-refractivity contribution in [1.82, 2.24) is 19.3 Å². The van der Waals surface area contributed by atoms with Gasteiger partial charge in [0, 0.05) is 25.6 Å². The number of hydrogen-bond acceptors (Lipinski definition) is 7. The molecule has 0 radical (unpaired) electrons. The number of methoxy groups -OCH3 is 1. The number of rotatable bonds is 8. The number of carboxylic acids is 1. The van der Waals surface area contributed by atoms with Crippen molar-refractivity contribution in [2.75, 3.05) is 13.7 Å². The van der Waals surface area contributed by atoms with E-state index in [4.69, 9.17) is 4.74 Å². The van der Waals surface area contributed by atoms with Crippen LogP contribution in [0.25, 0.3) is 11.0 Å². The van der Waals surface area contributed by atoms with Gasteiger partial charge in [-0.1, -0.05) is 36.4 Å². The summed E-state index contributed by atoms with van der Waals surface area (Å²) in [6.45, 7) is 8.43. The molecular weight excluding hydrogens is 609 g/mol. The Kier molecular flexibility index (Phi) is 8.93. The number of carboxylic acid groups (broad SMARTS) is 1. The summed E-state index contributed by atoms with van der Waals surface area (Å²) < 4.78 is 72.6. The van der Waals surface area contributed by atoms with Gasteiger partial charge in [0.1, 0.15) is 16.8 Å². The van der Waals surface area contributed by atoms with Crippen molar-refractivity contribution in [2.45, 2.75) is 70.6 Å². The van der Waals surface area contributed by atoms with Gasteiger partial charge in [0.2, 0.25) is 0 Å². The monoisotopic (exact) mass is 646 g/mol. The Morgan fingerprint density at radius 1 is 1.16 bits per heavy atom. The highest BCUT2D eigenvalue weighted by atomic mass is 32.3. The molecule has 0 amide bonds. The molecule has 2 atom stereocenters. The first kappa shape index (κ1) is 32.7. The minimum absolute atomic E-state index is 0.0357. The predicted octanol–water partition coefficient (Wildman–Crippen LogP) is 7.42. The smallest absolute Gasteiger partial charge is 0.416 e. The molecule has 0 aliphatic carbocycles. The molecular formula is C32H37F3N4O5S. The van der Waals surface area contributed by atoms with Gasteiger partial charge in [-0.2, -0.15) is 17.5 Å². The lowest BCUT2D eigenvalue weighted by atomic mass is 9.84. The highest BCUT2D eigenvalue weighted by Gasteiger charge is 2.37. The summed E-state index contributed by atoms with van der Waals surface area (Å²) in [5, 5.41) is 18.5. The Morgan fingerprint density at radius 3 is 2.53 bits per heavy atom. The van der Waals surface area contributed by atoms with Crippen LogP contribution < -0.4 is 4.74 Å². The maximum atomic E-state index is 13.6. The van der Waals surface area contributed by atoms with Crippen molar-refractivity contribution in [3.05, 3.63) is 81.4 Å². The Hall–Kier alpha value is -3.65. The van der Waals surface area contributed by atoms with E-state index in [1.165, 1.54) is 17.5 Å². The lowest BCUT2D eigenvalue weighted by Gasteiger charge is -2.43. The molecule has 3 N–H and O–H groups in total. The molecule has 45 heavy (non-hydrogen) atoms. The minimum atomic E-state index is -4.63. The largest absolute Gasteiger partial charge is 0.494 e. The second kappa shape index (κ2) is 12.3. The molecule has 242 valence electrons. The maximum Gasteiger partial charge on any atom is 0.416 e. The molecule has 0 bridgehead atoms. The third-order valence-corrected chi connectivity index (χ3v) is 10.5. The van der Waals surface area contributed by atoms with E-state index in [-0.39, 0.29) is 30.3 Å². The maximum absolute atomic E-state index is 13.6. The van der Waals surface area contributed by atoms with Crippen LogP contribution in [0.2, 0.25) is 0 Å². The van der Waals surface area contributed by atoms with Crippen LogP contribution in [0.4, 0.5) is 13.2 Å². The molecule has 0 fully saturated rings. The molecule has 1 aliphatic heterocycles. The van der Waals surface area contributed by atoms with Gasteiger partial charge in [-0.25, -0.2) is 4.68 Å². The average Bonchev–Trinajstić information content (AvgIpc) is 3.38. The van der Waals surface area contributed by atoms with E-state index < -0.39 is 34.4 Å². The van der Waals surface area contributed by atoms with Crippen LogP contribution in [0.5, 0.6) is 5.75 Å². The minimum Gasteiger partial charge on any atom is -0.494 e. The number of benzene rings is 3. The summed E-state index contributed by atoms with van der Waals surface area (Å²) in [6, 6.07) is 10.5. The van der Waals surface area contributed by atoms with E-state index >= 15 is 0 Å². The van der Waals surface area contributed by atoms with E-state index in [9.17, 15) is 32.2 Å². The van der Waals surface area contributed by atoms with Gasteiger partial charge >= 0.3 is 12.1 Å². The fourth-order valence-corrected chi connectivity index (χ4v) is 8.04. The zero-order chi connectivity index (χ0) is 32.8. The van der Waals surface area contributed by atoms with Crippen LogP contribution in [0.15, 0.2) is 47.4 Å². The summed E-state index contributed by atoms with van der Waals surface area (Å²) in [5.74, 6) is -1.17. The van der Waals surface area contributed by atoms with Gasteiger partial charge in [0.15, 0.2) is 0 Å². The lowest BCUT2D eigenvalue weighted by molar-refractivity contribution is -0.138. The second-order valence-electron chi connectivity index (χ2n) is 11.7. The number of hydrogen-bond donors (Lipinski definition) is 3. The Morgan fingerprint density at radius 2 is 1.89 bits per heavy atom. The van der Waals surface area contributed by atoms with Crippen LogP contribution in [0.3, 0.4) is 0 Å². The van der Waals surface area contributed by atoms with E-state index in [1.807, 2.05) is 52.0 Å². The van der Waals surface area contributed by atoms with Gasteiger partial charge in [-0.3, -0.25) is 13.9 Å². The second-order valence-corrected chi connectivity index (χ2v) is 13.7. The number of alkyl halides is 3. The summed E-state index contributed by atoms with van der Waals surface area (Å²) in [4.78, 5) is 12.0. The molecule has 4 aromatic rings. The number of fused-ring (bicyclic) bond motifs is 2. The fourth-order valence-electron chi connectivity index (χ4n) is 6.19. The number of aromatic nitrogens is 3. The van der Waals surface area contributed by atoms with Crippen LogP contribution in [0.1, 0.15) is 65.1 Å². The van der Waals surface area contributed by atoms with Crippen molar-refractivity contribution in [3.63, 3.8) is 0 Å². The predicted molar refractivity (Wildman–Crippen MR) is 166 cm³/mol. The average molecular weight is 647 g/mol. The summed E-state index contributed by atoms with van der Waals surface area (Å²) in [7, 11) is -2.25. The first-order valence-corrected chi connectivity index (χ1v) is 16.1. The molecule has 9 nitrogen and oxygen atoms in total. The SMILES string of the molecule is CCn1nnc2c(C)c(C(CC(=O)O)c3ccc(C)c(CN4CC(C)Cc5ccc(C(F)(F)F)cc5S4(O)O)c3)cc(OC)c21. The number of halogens is 3. The quantitative estimate of drug-likeness (QED) is 0.181. The first-order chi connectivity index (χ1) is 21.1. The highest BCUT2D eigenvalue weighted by molar-refractivity contribution is 8.22. The number of nitrogens with zero attached hydrogens (tertiary/aromatic N) is 4. The van der Waals surface area contributed by atoms with Gasteiger partial charge < -0.3 is 9.84 Å². The number of ether oxygens (including phenoxy) is 1. The van der Waals surface area contributed by atoms with E-state index in [0.29, 0.717) is 46.5 Å². The molecule has 0 saturated heterocycles. The van der Waals surface area contributed by atoms with Crippen molar-refractivity contribution < 1.29 is 36.9 Å². The summed E-state index contributed by atoms with van der Waals surface area (Å²) in [6.07, 6.45) is -4.47. The summed E-state index contributed by atoms with van der Waals surface area (Å²) >= 11 is 0. The Balaban J connectivity index is 1.58. The van der Waals surface area contributed by atoms with E-state index in [2.05, 4.69) is 10.3 Å². The van der Waals surface area contributed by atoms with E-state index in [0.717, 1.165) is 28.8 Å². The molecule has 2 heterocycles. The molecule has 2 unspecified atom stereocenters. The highest BCUT2D eigenvalue weighted by Crippen LogP contribution is 2.57. The van der Waals surface area contributed by atoms with Gasteiger partial charge in [0.25, 0.3) is 0 Å². The van der Waals surface area contributed by atoms with Crippen LogP contribution in [0, 0.1) is 19.8 Å². The van der Waals surface area contributed by atoms with Crippen molar-refractivity contribution in [2.24, 2.45) is 5.92 Å². The Labute approximate surface area is 261 Å². The fraction of sp³-hybridized carbons (Fsp3) is 0.406.